The predicted molar refractivity (Wildman–Crippen MR) is 114 cm³/mol. The predicted octanol–water partition coefficient (Wildman–Crippen LogP) is 4.03. The molecule has 1 fully saturated rings. The molecule has 1 atom stereocenters. The molecule has 3 rings (SSSR count). The zero-order valence-electron chi connectivity index (χ0n) is 18.1. The van der Waals surface area contributed by atoms with Crippen molar-refractivity contribution >= 4 is 11.9 Å². The van der Waals surface area contributed by atoms with Gasteiger partial charge in [0.25, 0.3) is 0 Å². The molecule has 1 aliphatic rings. The first-order valence-electron chi connectivity index (χ1n) is 10.4. The monoisotopic (exact) mass is 430 g/mol. The highest BCUT2D eigenvalue weighted by molar-refractivity contribution is 5.93. The van der Waals surface area contributed by atoms with Crippen LogP contribution >= 0.6 is 0 Å². The summed E-state index contributed by atoms with van der Waals surface area (Å²) in [6, 6.07) is 9.91. The molecule has 0 radical (unpaired) electrons. The van der Waals surface area contributed by atoms with Crippen molar-refractivity contribution in [1.82, 2.24) is 10.2 Å². The van der Waals surface area contributed by atoms with Gasteiger partial charge in [-0.2, -0.15) is 0 Å². The molecule has 0 aromatic heterocycles. The maximum atomic E-state index is 14.0. The Labute approximate surface area is 181 Å². The lowest BCUT2D eigenvalue weighted by atomic mass is 9.86. The van der Waals surface area contributed by atoms with Gasteiger partial charge in [-0.3, -0.25) is 9.69 Å². The molecular formula is C24H28F2N2O3. The van der Waals surface area contributed by atoms with E-state index in [1.165, 1.54) is 13.2 Å². The molecule has 1 amide bonds. The SMILES string of the molecule is COC(=O)c1ccccc1CC(=O)NC(c1ccc(F)c(F)c1)C(C)(C)N1CCCC1. The smallest absolute Gasteiger partial charge is 0.338 e. The molecule has 1 saturated heterocycles. The summed E-state index contributed by atoms with van der Waals surface area (Å²) in [5.41, 5.74) is 0.821. The normalized spacial score (nSPS) is 15.5. The lowest BCUT2D eigenvalue weighted by Gasteiger charge is -2.42. The van der Waals surface area contributed by atoms with Crippen molar-refractivity contribution in [2.75, 3.05) is 20.2 Å². The number of carbonyl (C=O) groups is 2. The van der Waals surface area contributed by atoms with Crippen molar-refractivity contribution in [1.29, 1.82) is 0 Å². The van der Waals surface area contributed by atoms with Gasteiger partial charge in [-0.1, -0.05) is 24.3 Å². The van der Waals surface area contributed by atoms with E-state index in [1.54, 1.807) is 24.3 Å². The minimum absolute atomic E-state index is 0.0401. The summed E-state index contributed by atoms with van der Waals surface area (Å²) in [7, 11) is 1.29. The van der Waals surface area contributed by atoms with Crippen LogP contribution in [0.2, 0.25) is 0 Å². The van der Waals surface area contributed by atoms with Crippen LogP contribution in [0.5, 0.6) is 0 Å². The molecule has 0 saturated carbocycles. The quantitative estimate of drug-likeness (QED) is 0.674. The lowest BCUT2D eigenvalue weighted by Crippen LogP contribution is -2.53. The summed E-state index contributed by atoms with van der Waals surface area (Å²) in [4.78, 5) is 27.3. The number of ether oxygens (including phenoxy) is 1. The van der Waals surface area contributed by atoms with Gasteiger partial charge in [0.05, 0.1) is 25.1 Å². The summed E-state index contributed by atoms with van der Waals surface area (Å²) in [6.07, 6.45) is 2.06. The number of esters is 1. The van der Waals surface area contributed by atoms with Gasteiger partial charge in [-0.05, 0) is 69.1 Å². The molecular weight excluding hydrogens is 402 g/mol. The third kappa shape index (κ3) is 5.10. The van der Waals surface area contributed by atoms with Crippen LogP contribution < -0.4 is 5.32 Å². The number of hydrogen-bond acceptors (Lipinski definition) is 4. The molecule has 1 N–H and O–H groups in total. The Balaban J connectivity index is 1.89. The van der Waals surface area contributed by atoms with Gasteiger partial charge in [-0.15, -0.1) is 0 Å². The zero-order valence-corrected chi connectivity index (χ0v) is 18.1. The Morgan fingerprint density at radius 3 is 2.42 bits per heavy atom. The number of likely N-dealkylation sites (tertiary alicyclic amines) is 1. The van der Waals surface area contributed by atoms with E-state index in [4.69, 9.17) is 4.74 Å². The summed E-state index contributed by atoms with van der Waals surface area (Å²) >= 11 is 0. The number of halogens is 2. The maximum absolute atomic E-state index is 14.0. The Kier molecular flexibility index (Phi) is 7.05. The largest absolute Gasteiger partial charge is 0.465 e. The zero-order chi connectivity index (χ0) is 22.6. The Morgan fingerprint density at radius 1 is 1.10 bits per heavy atom. The number of amides is 1. The molecule has 1 aliphatic heterocycles. The van der Waals surface area contributed by atoms with Crippen LogP contribution in [-0.2, 0) is 16.0 Å². The van der Waals surface area contributed by atoms with E-state index in [-0.39, 0.29) is 12.3 Å². The fourth-order valence-electron chi connectivity index (χ4n) is 4.20. The van der Waals surface area contributed by atoms with Crippen molar-refractivity contribution in [3.8, 4) is 0 Å². The van der Waals surface area contributed by atoms with Gasteiger partial charge in [0.15, 0.2) is 11.6 Å². The van der Waals surface area contributed by atoms with Crippen molar-refractivity contribution in [2.24, 2.45) is 0 Å². The second-order valence-corrected chi connectivity index (χ2v) is 8.35. The standard InChI is InChI=1S/C24H28F2N2O3/c1-24(2,28-12-6-7-13-28)22(17-10-11-19(25)20(26)14-17)27-21(29)15-16-8-4-5-9-18(16)23(30)31-3/h4-5,8-11,14,22H,6-7,12-13,15H2,1-3H3,(H,27,29). The lowest BCUT2D eigenvalue weighted by molar-refractivity contribution is -0.122. The van der Waals surface area contributed by atoms with E-state index in [1.807, 2.05) is 13.8 Å². The topological polar surface area (TPSA) is 58.6 Å². The van der Waals surface area contributed by atoms with Gasteiger partial charge in [0, 0.05) is 5.54 Å². The molecule has 0 bridgehead atoms. The number of rotatable bonds is 7. The van der Waals surface area contributed by atoms with Crippen LogP contribution in [0.1, 0.15) is 54.2 Å². The molecule has 0 spiro atoms. The van der Waals surface area contributed by atoms with Crippen LogP contribution in [0.4, 0.5) is 8.78 Å². The number of benzene rings is 2. The third-order valence-corrected chi connectivity index (χ3v) is 5.98. The Morgan fingerprint density at radius 2 is 1.77 bits per heavy atom. The van der Waals surface area contributed by atoms with E-state index in [2.05, 4.69) is 10.2 Å². The molecule has 1 heterocycles. The van der Waals surface area contributed by atoms with Crippen LogP contribution in [0.15, 0.2) is 42.5 Å². The van der Waals surface area contributed by atoms with E-state index in [0.717, 1.165) is 38.1 Å². The molecule has 1 unspecified atom stereocenters. The number of nitrogens with one attached hydrogen (secondary N) is 1. The maximum Gasteiger partial charge on any atom is 0.338 e. The molecule has 2 aromatic carbocycles. The number of nitrogens with zero attached hydrogens (tertiary/aromatic N) is 1. The van der Waals surface area contributed by atoms with Crippen LogP contribution in [0, 0.1) is 11.6 Å². The fraction of sp³-hybridized carbons (Fsp3) is 0.417. The minimum Gasteiger partial charge on any atom is -0.465 e. The second kappa shape index (κ2) is 9.56. The molecule has 2 aromatic rings. The summed E-state index contributed by atoms with van der Waals surface area (Å²) in [5.74, 6) is -2.72. The average molecular weight is 430 g/mol. The van der Waals surface area contributed by atoms with E-state index in [9.17, 15) is 18.4 Å². The molecule has 31 heavy (non-hydrogen) atoms. The van der Waals surface area contributed by atoms with Gasteiger partial charge in [0.2, 0.25) is 5.91 Å². The van der Waals surface area contributed by atoms with Gasteiger partial charge in [0.1, 0.15) is 0 Å². The highest BCUT2D eigenvalue weighted by Crippen LogP contribution is 2.34. The third-order valence-electron chi connectivity index (χ3n) is 5.98. The second-order valence-electron chi connectivity index (χ2n) is 8.35. The van der Waals surface area contributed by atoms with Crippen molar-refractivity contribution in [2.45, 2.75) is 44.7 Å². The van der Waals surface area contributed by atoms with Crippen LogP contribution in [0.25, 0.3) is 0 Å². The van der Waals surface area contributed by atoms with Gasteiger partial charge in [-0.25, -0.2) is 13.6 Å². The van der Waals surface area contributed by atoms with Gasteiger partial charge < -0.3 is 10.1 Å². The van der Waals surface area contributed by atoms with E-state index >= 15 is 0 Å². The van der Waals surface area contributed by atoms with E-state index in [0.29, 0.717) is 16.7 Å². The molecule has 5 nitrogen and oxygen atoms in total. The van der Waals surface area contributed by atoms with Crippen molar-refractivity contribution < 1.29 is 23.1 Å². The van der Waals surface area contributed by atoms with E-state index < -0.39 is 29.2 Å². The summed E-state index contributed by atoms with van der Waals surface area (Å²) in [5, 5.41) is 3.01. The number of carbonyl (C=O) groups excluding carboxylic acids is 2. The highest BCUT2D eigenvalue weighted by Gasteiger charge is 2.39. The van der Waals surface area contributed by atoms with Gasteiger partial charge >= 0.3 is 5.97 Å². The Hall–Kier alpha value is -2.80. The number of methoxy groups -OCH3 is 1. The molecule has 0 aliphatic carbocycles. The average Bonchev–Trinajstić information content (AvgIpc) is 3.30. The summed E-state index contributed by atoms with van der Waals surface area (Å²) in [6.45, 7) is 5.72. The molecule has 7 heteroatoms. The first kappa shape index (κ1) is 22.9. The van der Waals surface area contributed by atoms with Crippen molar-refractivity contribution in [3.63, 3.8) is 0 Å². The Bertz CT molecular complexity index is 956. The first-order valence-corrected chi connectivity index (χ1v) is 10.4. The fourth-order valence-corrected chi connectivity index (χ4v) is 4.20. The first-order chi connectivity index (χ1) is 14.7. The highest BCUT2D eigenvalue weighted by atomic mass is 19.2. The van der Waals surface area contributed by atoms with Crippen molar-refractivity contribution in [3.05, 3.63) is 70.8 Å². The van der Waals surface area contributed by atoms with Crippen LogP contribution in [-0.4, -0.2) is 42.5 Å². The minimum atomic E-state index is -0.954. The number of hydrogen-bond donors (Lipinski definition) is 1. The summed E-state index contributed by atoms with van der Waals surface area (Å²) < 4.78 is 32.4. The molecule has 166 valence electrons. The van der Waals surface area contributed by atoms with Crippen LogP contribution in [0.3, 0.4) is 0 Å².